The summed E-state index contributed by atoms with van der Waals surface area (Å²) < 4.78 is 53.4. The Labute approximate surface area is 134 Å². The first-order valence-electron chi connectivity index (χ1n) is 5.70. The predicted octanol–water partition coefficient (Wildman–Crippen LogP) is 5.45. The van der Waals surface area contributed by atoms with Gasteiger partial charge in [-0.15, -0.1) is 0 Å². The van der Waals surface area contributed by atoms with Crippen LogP contribution in [0.2, 0.25) is 0 Å². The summed E-state index contributed by atoms with van der Waals surface area (Å²) in [6, 6.07) is 7.43. The molecule has 21 heavy (non-hydrogen) atoms. The largest absolute Gasteiger partial charge is 0.416 e. The Balaban J connectivity index is 2.59. The maximum atomic E-state index is 13.9. The van der Waals surface area contributed by atoms with Crippen LogP contribution in [0, 0.1) is 5.82 Å². The van der Waals surface area contributed by atoms with E-state index < -0.39 is 29.2 Å². The molecule has 7 heteroatoms. The van der Waals surface area contributed by atoms with Crippen LogP contribution in [0.3, 0.4) is 0 Å². The number of hydrogen-bond acceptors (Lipinski definition) is 1. The van der Waals surface area contributed by atoms with Crippen LogP contribution in [0.5, 0.6) is 0 Å². The minimum atomic E-state index is -4.65. The molecule has 1 atom stereocenters. The van der Waals surface area contributed by atoms with Gasteiger partial charge < -0.3 is 5.11 Å². The number of benzene rings is 2. The Morgan fingerprint density at radius 3 is 2.29 bits per heavy atom. The van der Waals surface area contributed by atoms with Crippen LogP contribution in [0.4, 0.5) is 17.6 Å². The molecule has 0 spiro atoms. The number of aliphatic hydroxyl groups excluding tert-OH is 1. The van der Waals surface area contributed by atoms with E-state index >= 15 is 0 Å². The van der Waals surface area contributed by atoms with Gasteiger partial charge in [0.05, 0.1) is 10.0 Å². The molecule has 0 saturated heterocycles. The van der Waals surface area contributed by atoms with Gasteiger partial charge in [-0.3, -0.25) is 0 Å². The fourth-order valence-electron chi connectivity index (χ4n) is 1.91. The first-order chi connectivity index (χ1) is 9.71. The quantitative estimate of drug-likeness (QED) is 0.631. The third-order valence-electron chi connectivity index (χ3n) is 2.89. The van der Waals surface area contributed by atoms with Crippen molar-refractivity contribution in [1.29, 1.82) is 0 Å². The van der Waals surface area contributed by atoms with Gasteiger partial charge in [-0.05, 0) is 39.7 Å². The summed E-state index contributed by atoms with van der Waals surface area (Å²) in [5.74, 6) is -0.791. The first-order valence-corrected chi connectivity index (χ1v) is 7.29. The van der Waals surface area contributed by atoms with Gasteiger partial charge in [-0.1, -0.05) is 34.1 Å². The van der Waals surface area contributed by atoms with Gasteiger partial charge in [0.15, 0.2) is 0 Å². The van der Waals surface area contributed by atoms with Crippen molar-refractivity contribution >= 4 is 31.9 Å². The number of halogens is 6. The van der Waals surface area contributed by atoms with Crippen LogP contribution in [0.1, 0.15) is 22.8 Å². The second-order valence-corrected chi connectivity index (χ2v) is 6.04. The Morgan fingerprint density at radius 2 is 1.67 bits per heavy atom. The highest BCUT2D eigenvalue weighted by Crippen LogP contribution is 2.39. The summed E-state index contributed by atoms with van der Waals surface area (Å²) in [4.78, 5) is 0. The Morgan fingerprint density at radius 1 is 1.00 bits per heavy atom. The zero-order chi connectivity index (χ0) is 15.8. The van der Waals surface area contributed by atoms with Crippen molar-refractivity contribution < 1.29 is 22.7 Å². The van der Waals surface area contributed by atoms with Crippen molar-refractivity contribution in [2.45, 2.75) is 12.3 Å². The molecule has 1 nitrogen and oxygen atoms in total. The van der Waals surface area contributed by atoms with E-state index in [4.69, 9.17) is 0 Å². The van der Waals surface area contributed by atoms with E-state index in [2.05, 4.69) is 31.9 Å². The van der Waals surface area contributed by atoms with Crippen molar-refractivity contribution in [3.05, 3.63) is 67.9 Å². The van der Waals surface area contributed by atoms with E-state index in [-0.39, 0.29) is 14.5 Å². The van der Waals surface area contributed by atoms with Gasteiger partial charge in [0.2, 0.25) is 0 Å². The van der Waals surface area contributed by atoms with E-state index in [0.29, 0.717) is 0 Å². The zero-order valence-electron chi connectivity index (χ0n) is 10.3. The highest BCUT2D eigenvalue weighted by atomic mass is 79.9. The predicted molar refractivity (Wildman–Crippen MR) is 77.3 cm³/mol. The summed E-state index contributed by atoms with van der Waals surface area (Å²) in [6.45, 7) is 0. The summed E-state index contributed by atoms with van der Waals surface area (Å²) in [5.41, 5.74) is -1.64. The van der Waals surface area contributed by atoms with Crippen molar-refractivity contribution in [2.24, 2.45) is 0 Å². The van der Waals surface area contributed by atoms with E-state index in [9.17, 15) is 22.7 Å². The summed E-state index contributed by atoms with van der Waals surface area (Å²) in [5, 5.41) is 10.2. The van der Waals surface area contributed by atoms with Gasteiger partial charge >= 0.3 is 6.18 Å². The molecule has 1 unspecified atom stereocenters. The molecule has 0 amide bonds. The van der Waals surface area contributed by atoms with Crippen molar-refractivity contribution in [3.8, 4) is 0 Å². The summed E-state index contributed by atoms with van der Waals surface area (Å²) in [7, 11) is 0. The average molecular weight is 428 g/mol. The van der Waals surface area contributed by atoms with Crippen LogP contribution in [-0.2, 0) is 6.18 Å². The minimum Gasteiger partial charge on any atom is -0.384 e. The van der Waals surface area contributed by atoms with Gasteiger partial charge in [-0.25, -0.2) is 4.39 Å². The number of alkyl halides is 3. The average Bonchev–Trinajstić information content (AvgIpc) is 2.40. The number of hydrogen-bond donors (Lipinski definition) is 1. The maximum Gasteiger partial charge on any atom is 0.416 e. The van der Waals surface area contributed by atoms with Crippen molar-refractivity contribution in [3.63, 3.8) is 0 Å². The van der Waals surface area contributed by atoms with Gasteiger partial charge in [0.25, 0.3) is 0 Å². The van der Waals surface area contributed by atoms with Crippen LogP contribution >= 0.6 is 31.9 Å². The molecule has 0 saturated carbocycles. The fourth-order valence-corrected chi connectivity index (χ4v) is 2.65. The fraction of sp³-hybridized carbons (Fsp3) is 0.143. The third-order valence-corrected chi connectivity index (χ3v) is 4.00. The normalized spacial score (nSPS) is 13.3. The molecular formula is C14H8Br2F4O. The molecule has 0 radical (unpaired) electrons. The van der Waals surface area contributed by atoms with Crippen LogP contribution in [0.15, 0.2) is 45.3 Å². The number of aliphatic hydroxyl groups is 1. The molecule has 112 valence electrons. The summed E-state index contributed by atoms with van der Waals surface area (Å²) in [6.07, 6.45) is -6.37. The summed E-state index contributed by atoms with van der Waals surface area (Å²) >= 11 is 5.90. The molecule has 0 fully saturated rings. The van der Waals surface area contributed by atoms with Gasteiger partial charge in [0.1, 0.15) is 11.9 Å². The lowest BCUT2D eigenvalue weighted by Crippen LogP contribution is -2.13. The van der Waals surface area contributed by atoms with Crippen LogP contribution in [-0.4, -0.2) is 5.11 Å². The molecule has 2 rings (SSSR count). The van der Waals surface area contributed by atoms with Crippen LogP contribution < -0.4 is 0 Å². The maximum absolute atomic E-state index is 13.9. The Hall–Kier alpha value is -0.920. The molecule has 1 N–H and O–H groups in total. The minimum absolute atomic E-state index is 0.0738. The van der Waals surface area contributed by atoms with E-state index in [0.717, 1.165) is 12.1 Å². The monoisotopic (exact) mass is 426 g/mol. The molecule has 0 bridgehead atoms. The lowest BCUT2D eigenvalue weighted by molar-refractivity contribution is -0.139. The number of rotatable bonds is 2. The van der Waals surface area contributed by atoms with E-state index in [1.54, 1.807) is 0 Å². The van der Waals surface area contributed by atoms with Gasteiger partial charge in [0, 0.05) is 10.0 Å². The Kier molecular flexibility index (Phi) is 4.75. The van der Waals surface area contributed by atoms with E-state index in [1.807, 2.05) is 0 Å². The second kappa shape index (κ2) is 6.06. The molecular weight excluding hydrogens is 420 g/mol. The molecule has 0 aliphatic rings. The molecule has 2 aromatic carbocycles. The highest BCUT2D eigenvalue weighted by Gasteiger charge is 2.36. The molecule has 0 aliphatic carbocycles. The standard InChI is InChI=1S/C14H8Br2F4O/c15-7-4-5-8(10(6-7)14(18,19)20)13(21)9-2-1-3-11(16)12(9)17/h1-6,13,21H. The molecule has 0 heterocycles. The SMILES string of the molecule is OC(c1ccc(Br)cc1C(F)(F)F)c1cccc(Br)c1F. The molecule has 2 aromatic rings. The lowest BCUT2D eigenvalue weighted by atomic mass is 9.96. The van der Waals surface area contributed by atoms with Crippen molar-refractivity contribution in [1.82, 2.24) is 0 Å². The lowest BCUT2D eigenvalue weighted by Gasteiger charge is -2.19. The zero-order valence-corrected chi connectivity index (χ0v) is 13.4. The van der Waals surface area contributed by atoms with Crippen LogP contribution in [0.25, 0.3) is 0 Å². The van der Waals surface area contributed by atoms with Gasteiger partial charge in [-0.2, -0.15) is 13.2 Å². The van der Waals surface area contributed by atoms with E-state index in [1.165, 1.54) is 24.3 Å². The van der Waals surface area contributed by atoms with Crippen molar-refractivity contribution in [2.75, 3.05) is 0 Å². The molecule has 0 aliphatic heterocycles. The Bertz CT molecular complexity index is 671. The third kappa shape index (κ3) is 3.46. The topological polar surface area (TPSA) is 20.2 Å². The smallest absolute Gasteiger partial charge is 0.384 e. The highest BCUT2D eigenvalue weighted by molar-refractivity contribution is 9.10. The molecule has 0 aromatic heterocycles. The first kappa shape index (κ1) is 16.5. The second-order valence-electron chi connectivity index (χ2n) is 4.27.